The highest BCUT2D eigenvalue weighted by Gasteiger charge is 2.23. The van der Waals surface area contributed by atoms with E-state index >= 15 is 0 Å². The number of methoxy groups -OCH3 is 1. The van der Waals surface area contributed by atoms with E-state index < -0.39 is 14.9 Å². The van der Waals surface area contributed by atoms with Crippen LogP contribution in [0.5, 0.6) is 5.75 Å². The Morgan fingerprint density at radius 1 is 1.17 bits per heavy atom. The molecule has 24 heavy (non-hydrogen) atoms. The Bertz CT molecular complexity index is 916. The predicted octanol–water partition coefficient (Wildman–Crippen LogP) is 4.02. The second-order valence-electron chi connectivity index (χ2n) is 4.76. The largest absolute Gasteiger partial charge is 0.497 e. The van der Waals surface area contributed by atoms with Crippen LogP contribution in [0.25, 0.3) is 0 Å². The molecule has 0 unspecified atom stereocenters. The van der Waals surface area contributed by atoms with Crippen LogP contribution in [-0.2, 0) is 10.0 Å². The zero-order valence-corrected chi connectivity index (χ0v) is 14.9. The van der Waals surface area contributed by atoms with Gasteiger partial charge in [-0.3, -0.25) is 14.8 Å². The molecule has 10 heteroatoms. The molecule has 0 fully saturated rings. The monoisotopic (exact) mass is 390 g/mol. The molecule has 0 aromatic heterocycles. The zero-order valence-electron chi connectivity index (χ0n) is 12.5. The lowest BCUT2D eigenvalue weighted by Gasteiger charge is -2.12. The van der Waals surface area contributed by atoms with Crippen molar-refractivity contribution < 1.29 is 18.1 Å². The van der Waals surface area contributed by atoms with Crippen molar-refractivity contribution in [1.82, 2.24) is 0 Å². The first-order chi connectivity index (χ1) is 11.2. The van der Waals surface area contributed by atoms with Gasteiger partial charge in [-0.05, 0) is 25.1 Å². The predicted molar refractivity (Wildman–Crippen MR) is 91.7 cm³/mol. The quantitative estimate of drug-likeness (QED) is 0.613. The molecule has 2 rings (SSSR count). The highest BCUT2D eigenvalue weighted by molar-refractivity contribution is 7.92. The summed E-state index contributed by atoms with van der Waals surface area (Å²) in [4.78, 5) is 10.0. The van der Waals surface area contributed by atoms with Gasteiger partial charge in [0.05, 0.1) is 32.7 Å². The van der Waals surface area contributed by atoms with E-state index in [0.717, 1.165) is 12.1 Å². The van der Waals surface area contributed by atoms with Crippen LogP contribution in [0, 0.1) is 17.0 Å². The highest BCUT2D eigenvalue weighted by Crippen LogP contribution is 2.32. The van der Waals surface area contributed by atoms with Crippen molar-refractivity contribution in [2.75, 3.05) is 11.8 Å². The fourth-order valence-corrected chi connectivity index (χ4v) is 3.51. The number of hydrogen-bond donors (Lipinski definition) is 1. The van der Waals surface area contributed by atoms with Crippen LogP contribution in [0.4, 0.5) is 11.4 Å². The van der Waals surface area contributed by atoms with Crippen molar-refractivity contribution >= 4 is 44.6 Å². The summed E-state index contributed by atoms with van der Waals surface area (Å²) < 4.78 is 32.3. The van der Waals surface area contributed by atoms with E-state index in [1.807, 2.05) is 0 Å². The first kappa shape index (κ1) is 18.3. The number of benzene rings is 2. The molecule has 0 saturated carbocycles. The minimum absolute atomic E-state index is 0.0266. The van der Waals surface area contributed by atoms with Crippen LogP contribution in [0.2, 0.25) is 10.0 Å². The van der Waals surface area contributed by atoms with Crippen molar-refractivity contribution in [3.63, 3.8) is 0 Å². The minimum Gasteiger partial charge on any atom is -0.497 e. The van der Waals surface area contributed by atoms with E-state index in [1.54, 1.807) is 6.07 Å². The van der Waals surface area contributed by atoms with Gasteiger partial charge in [-0.2, -0.15) is 0 Å². The van der Waals surface area contributed by atoms with Crippen molar-refractivity contribution in [1.29, 1.82) is 0 Å². The third kappa shape index (κ3) is 3.72. The van der Waals surface area contributed by atoms with E-state index in [4.69, 9.17) is 27.9 Å². The lowest BCUT2D eigenvalue weighted by Crippen LogP contribution is -2.14. The molecule has 0 heterocycles. The molecule has 2 aromatic rings. The van der Waals surface area contributed by atoms with Gasteiger partial charge < -0.3 is 4.74 Å². The second kappa shape index (κ2) is 6.84. The Hall–Kier alpha value is -2.03. The van der Waals surface area contributed by atoms with Gasteiger partial charge in [0.1, 0.15) is 5.75 Å². The van der Waals surface area contributed by atoms with Crippen molar-refractivity contribution in [3.8, 4) is 5.75 Å². The Labute approximate surface area is 148 Å². The van der Waals surface area contributed by atoms with Crippen molar-refractivity contribution in [2.24, 2.45) is 0 Å². The molecule has 0 amide bonds. The Balaban J connectivity index is 2.50. The molecule has 1 N–H and O–H groups in total. The number of nitro benzene ring substituents is 1. The summed E-state index contributed by atoms with van der Waals surface area (Å²) in [5.74, 6) is 0.394. The molecule has 0 radical (unpaired) electrons. The second-order valence-corrected chi connectivity index (χ2v) is 7.25. The number of nitrogens with one attached hydrogen (secondary N) is 1. The maximum atomic E-state index is 12.5. The van der Waals surface area contributed by atoms with E-state index in [0.29, 0.717) is 5.75 Å². The maximum absolute atomic E-state index is 12.5. The summed E-state index contributed by atoms with van der Waals surface area (Å²) in [6.07, 6.45) is 0. The number of halogens is 2. The van der Waals surface area contributed by atoms with Gasteiger partial charge in [0.2, 0.25) is 0 Å². The Kier molecular flexibility index (Phi) is 5.22. The van der Waals surface area contributed by atoms with Crippen molar-refractivity contribution in [2.45, 2.75) is 11.8 Å². The number of rotatable bonds is 5. The molecule has 0 atom stereocenters. The number of anilines is 1. The van der Waals surface area contributed by atoms with Gasteiger partial charge in [-0.1, -0.05) is 23.2 Å². The molecule has 2 aromatic carbocycles. The lowest BCUT2D eigenvalue weighted by atomic mass is 10.2. The zero-order chi connectivity index (χ0) is 18.1. The van der Waals surface area contributed by atoms with Crippen LogP contribution < -0.4 is 9.46 Å². The number of sulfonamides is 1. The SMILES string of the molecule is COc1ccc(Cl)c(NS(=O)(=O)c2cc(Cl)c(C)c([N+](=O)[O-])c2)c1. The number of nitrogens with zero attached hydrogens (tertiary/aromatic N) is 1. The molecule has 0 aliphatic carbocycles. The summed E-state index contributed by atoms with van der Waals surface area (Å²) >= 11 is 11.9. The minimum atomic E-state index is -4.13. The van der Waals surface area contributed by atoms with Gasteiger partial charge in [0, 0.05) is 17.7 Å². The molecule has 0 aliphatic rings. The summed E-state index contributed by atoms with van der Waals surface area (Å²) in [7, 11) is -2.71. The Morgan fingerprint density at radius 3 is 2.42 bits per heavy atom. The van der Waals surface area contributed by atoms with Crippen LogP contribution >= 0.6 is 23.2 Å². The average molecular weight is 391 g/mol. The lowest BCUT2D eigenvalue weighted by molar-refractivity contribution is -0.385. The first-order valence-electron chi connectivity index (χ1n) is 6.46. The van der Waals surface area contributed by atoms with E-state index in [1.165, 1.54) is 26.2 Å². The molecule has 0 aliphatic heterocycles. The third-order valence-corrected chi connectivity index (χ3v) is 5.28. The van der Waals surface area contributed by atoms with Crippen LogP contribution in [0.1, 0.15) is 5.56 Å². The average Bonchev–Trinajstić information content (AvgIpc) is 2.51. The van der Waals surface area contributed by atoms with E-state index in [9.17, 15) is 18.5 Å². The molecule has 7 nitrogen and oxygen atoms in total. The van der Waals surface area contributed by atoms with Gasteiger partial charge in [0.25, 0.3) is 15.7 Å². The molecule has 0 spiro atoms. The van der Waals surface area contributed by atoms with Crippen molar-refractivity contribution in [3.05, 3.63) is 56.1 Å². The molecular weight excluding hydrogens is 379 g/mol. The molecular formula is C14H12Cl2N2O5S. The maximum Gasteiger partial charge on any atom is 0.275 e. The van der Waals surface area contributed by atoms with Crippen LogP contribution in [0.15, 0.2) is 35.2 Å². The number of hydrogen-bond acceptors (Lipinski definition) is 5. The normalized spacial score (nSPS) is 11.2. The summed E-state index contributed by atoms with van der Waals surface area (Å²) in [5, 5.41) is 11.2. The topological polar surface area (TPSA) is 98.5 Å². The fourth-order valence-electron chi connectivity index (χ4n) is 1.90. The van der Waals surface area contributed by atoms with Gasteiger partial charge in [-0.15, -0.1) is 0 Å². The number of nitro groups is 1. The fraction of sp³-hybridized carbons (Fsp3) is 0.143. The van der Waals surface area contributed by atoms with Gasteiger partial charge >= 0.3 is 0 Å². The smallest absolute Gasteiger partial charge is 0.275 e. The first-order valence-corrected chi connectivity index (χ1v) is 8.70. The third-order valence-electron chi connectivity index (χ3n) is 3.22. The van der Waals surface area contributed by atoms with Crippen LogP contribution in [0.3, 0.4) is 0 Å². The molecule has 0 saturated heterocycles. The Morgan fingerprint density at radius 2 is 1.83 bits per heavy atom. The summed E-state index contributed by atoms with van der Waals surface area (Å²) in [6, 6.07) is 6.50. The van der Waals surface area contributed by atoms with Crippen LogP contribution in [-0.4, -0.2) is 20.5 Å². The summed E-state index contributed by atoms with van der Waals surface area (Å²) in [6.45, 7) is 1.43. The van der Waals surface area contributed by atoms with E-state index in [2.05, 4.69) is 4.72 Å². The highest BCUT2D eigenvalue weighted by atomic mass is 35.5. The van der Waals surface area contributed by atoms with E-state index in [-0.39, 0.29) is 31.9 Å². The molecule has 128 valence electrons. The number of ether oxygens (including phenoxy) is 1. The van der Waals surface area contributed by atoms with Gasteiger partial charge in [-0.25, -0.2) is 8.42 Å². The standard InChI is InChI=1S/C14H12Cl2N2O5S/c1-8-12(16)6-10(7-14(8)18(19)20)24(21,22)17-13-5-9(23-2)3-4-11(13)15/h3-7,17H,1-2H3. The summed E-state index contributed by atoms with van der Waals surface area (Å²) in [5.41, 5.74) is -0.130. The molecule has 0 bridgehead atoms. The van der Waals surface area contributed by atoms with Gasteiger partial charge in [0.15, 0.2) is 0 Å².